The number of anilines is 1. The molecule has 0 fully saturated rings. The number of aliphatic hydroxyl groups is 1. The minimum absolute atomic E-state index is 0.337. The second-order valence-corrected chi connectivity index (χ2v) is 7.56. The van der Waals surface area contributed by atoms with E-state index >= 15 is 0 Å². The van der Waals surface area contributed by atoms with Crippen LogP contribution in [0.2, 0.25) is 0 Å². The molecule has 0 spiro atoms. The smallest absolute Gasteiger partial charge is 0.124 e. The molecule has 0 saturated carbocycles. The Morgan fingerprint density at radius 2 is 1.52 bits per heavy atom. The lowest BCUT2D eigenvalue weighted by molar-refractivity contribution is 0.122. The van der Waals surface area contributed by atoms with Gasteiger partial charge in [-0.3, -0.25) is 0 Å². The first-order chi connectivity index (χ1) is 13.1. The van der Waals surface area contributed by atoms with Crippen LogP contribution in [0.15, 0.2) is 48.5 Å². The van der Waals surface area contributed by atoms with Crippen molar-refractivity contribution in [1.29, 1.82) is 0 Å². The van der Waals surface area contributed by atoms with E-state index in [1.807, 2.05) is 12.1 Å². The molecule has 0 aromatic heterocycles. The van der Waals surface area contributed by atoms with Crippen LogP contribution in [-0.4, -0.2) is 31.9 Å². The number of rotatable bonds is 12. The molecule has 148 valence electrons. The van der Waals surface area contributed by atoms with Gasteiger partial charge >= 0.3 is 0 Å². The van der Waals surface area contributed by atoms with Crippen molar-refractivity contribution in [2.75, 3.05) is 25.6 Å². The lowest BCUT2D eigenvalue weighted by Gasteiger charge is -2.21. The fourth-order valence-corrected chi connectivity index (χ4v) is 3.38. The normalized spacial score (nSPS) is 12.0. The average Bonchev–Trinajstić information content (AvgIpc) is 2.66. The van der Waals surface area contributed by atoms with E-state index in [9.17, 15) is 5.11 Å². The fourth-order valence-electron chi connectivity index (χ4n) is 3.38. The van der Waals surface area contributed by atoms with Gasteiger partial charge in [-0.25, -0.2) is 0 Å². The molecule has 2 rings (SSSR count). The van der Waals surface area contributed by atoms with Crippen molar-refractivity contribution in [1.82, 2.24) is 0 Å². The Labute approximate surface area is 165 Å². The number of benzene rings is 2. The van der Waals surface area contributed by atoms with Gasteiger partial charge < -0.3 is 14.7 Å². The molecule has 2 aromatic rings. The maximum atomic E-state index is 9.53. The highest BCUT2D eigenvalue weighted by molar-refractivity contribution is 5.58. The summed E-state index contributed by atoms with van der Waals surface area (Å²) < 4.78 is 5.86. The maximum Gasteiger partial charge on any atom is 0.124 e. The highest BCUT2D eigenvalue weighted by atomic mass is 16.5. The van der Waals surface area contributed by atoms with Crippen molar-refractivity contribution >= 4 is 5.69 Å². The van der Waals surface area contributed by atoms with Crippen LogP contribution in [0.4, 0.5) is 5.69 Å². The number of nitrogens with zero attached hydrogens (tertiary/aromatic N) is 1. The molecule has 0 heterocycles. The first-order valence-electron chi connectivity index (χ1n) is 10.2. The van der Waals surface area contributed by atoms with Gasteiger partial charge in [0.05, 0.1) is 6.10 Å². The topological polar surface area (TPSA) is 32.7 Å². The van der Waals surface area contributed by atoms with Crippen molar-refractivity contribution in [3.8, 4) is 5.75 Å². The summed E-state index contributed by atoms with van der Waals surface area (Å²) in [6.07, 6.45) is 7.99. The van der Waals surface area contributed by atoms with E-state index in [2.05, 4.69) is 55.4 Å². The van der Waals surface area contributed by atoms with Crippen molar-refractivity contribution in [3.63, 3.8) is 0 Å². The van der Waals surface area contributed by atoms with Gasteiger partial charge in [0.2, 0.25) is 0 Å². The molecular weight excluding hydrogens is 334 g/mol. The van der Waals surface area contributed by atoms with Gasteiger partial charge in [-0.1, -0.05) is 55.7 Å². The summed E-state index contributed by atoms with van der Waals surface area (Å²) in [5, 5.41) is 9.53. The number of aliphatic hydroxyl groups excluding tert-OH is 1. The highest BCUT2D eigenvalue weighted by Crippen LogP contribution is 2.30. The molecule has 1 unspecified atom stereocenters. The maximum absolute atomic E-state index is 9.53. The number of hydrogen-bond acceptors (Lipinski definition) is 3. The summed E-state index contributed by atoms with van der Waals surface area (Å²) in [6, 6.07) is 16.9. The molecule has 2 aromatic carbocycles. The number of unbranched alkanes of at least 4 members (excludes halogenated alkanes) is 4. The summed E-state index contributed by atoms with van der Waals surface area (Å²) in [5.74, 6) is 0.908. The Balaban J connectivity index is 1.78. The van der Waals surface area contributed by atoms with E-state index in [0.29, 0.717) is 6.61 Å². The predicted molar refractivity (Wildman–Crippen MR) is 115 cm³/mol. The molecule has 0 bridgehead atoms. The van der Waals surface area contributed by atoms with Gasteiger partial charge in [0.1, 0.15) is 12.4 Å². The molecule has 27 heavy (non-hydrogen) atoms. The molecule has 1 N–H and O–H groups in total. The largest absolute Gasteiger partial charge is 0.491 e. The zero-order valence-corrected chi connectivity index (χ0v) is 17.2. The van der Waals surface area contributed by atoms with Crippen LogP contribution in [0.5, 0.6) is 5.75 Å². The predicted octanol–water partition coefficient (Wildman–Crippen LogP) is 5.25. The summed E-state index contributed by atoms with van der Waals surface area (Å²) in [6.45, 7) is 2.09. The molecule has 3 nitrogen and oxygen atoms in total. The van der Waals surface area contributed by atoms with Crippen molar-refractivity contribution in [2.45, 2.75) is 58.0 Å². The van der Waals surface area contributed by atoms with Crippen LogP contribution in [0.1, 0.15) is 50.2 Å². The van der Waals surface area contributed by atoms with Crippen LogP contribution in [0.3, 0.4) is 0 Å². The van der Waals surface area contributed by atoms with Crippen molar-refractivity contribution < 1.29 is 9.84 Å². The SMILES string of the molecule is CC(O)COc1cccc(N(C)C)c1CCCCCCCc1ccccc1. The molecule has 0 aliphatic carbocycles. The molecule has 0 radical (unpaired) electrons. The van der Waals surface area contributed by atoms with Crippen molar-refractivity contribution in [3.05, 3.63) is 59.7 Å². The molecule has 0 aliphatic heterocycles. The van der Waals surface area contributed by atoms with E-state index in [1.54, 1.807) is 6.92 Å². The van der Waals surface area contributed by atoms with Crippen LogP contribution in [0.25, 0.3) is 0 Å². The van der Waals surface area contributed by atoms with Crippen LogP contribution in [-0.2, 0) is 12.8 Å². The van der Waals surface area contributed by atoms with E-state index in [-0.39, 0.29) is 0 Å². The van der Waals surface area contributed by atoms with Gasteiger partial charge in [0.15, 0.2) is 0 Å². The fraction of sp³-hybridized carbons (Fsp3) is 0.500. The van der Waals surface area contributed by atoms with Gasteiger partial charge in [-0.15, -0.1) is 0 Å². The van der Waals surface area contributed by atoms with Gasteiger partial charge in [0, 0.05) is 25.3 Å². The van der Waals surface area contributed by atoms with Gasteiger partial charge in [-0.2, -0.15) is 0 Å². The Morgan fingerprint density at radius 3 is 2.19 bits per heavy atom. The Hall–Kier alpha value is -2.00. The monoisotopic (exact) mass is 369 g/mol. The first-order valence-corrected chi connectivity index (χ1v) is 10.2. The third kappa shape index (κ3) is 7.64. The highest BCUT2D eigenvalue weighted by Gasteiger charge is 2.12. The van der Waals surface area contributed by atoms with Gasteiger partial charge in [0.25, 0.3) is 0 Å². The summed E-state index contributed by atoms with van der Waals surface area (Å²) in [4.78, 5) is 2.14. The quantitative estimate of drug-likeness (QED) is 0.519. The molecule has 0 amide bonds. The average molecular weight is 370 g/mol. The third-order valence-electron chi connectivity index (χ3n) is 4.81. The second kappa shape index (κ2) is 11.7. The standard InChI is InChI=1S/C24H35NO2/c1-20(26)19-27-24-18-12-17-23(25(2)3)22(24)16-11-6-4-5-8-13-21-14-9-7-10-15-21/h7,9-10,12,14-15,17-18,20,26H,4-6,8,11,13,16,19H2,1-3H3. The number of ether oxygens (including phenoxy) is 1. The van der Waals surface area contributed by atoms with E-state index < -0.39 is 6.10 Å². The van der Waals surface area contributed by atoms with Crippen LogP contribution < -0.4 is 9.64 Å². The third-order valence-corrected chi connectivity index (χ3v) is 4.81. The zero-order chi connectivity index (χ0) is 19.5. The number of aryl methyl sites for hydroxylation is 1. The molecule has 1 atom stereocenters. The summed E-state index contributed by atoms with van der Waals surface area (Å²) in [7, 11) is 4.14. The van der Waals surface area contributed by atoms with E-state index in [1.165, 1.54) is 55.3 Å². The van der Waals surface area contributed by atoms with Crippen LogP contribution in [0, 0.1) is 0 Å². The Bertz CT molecular complexity index is 653. The molecular formula is C24H35NO2. The lowest BCUT2D eigenvalue weighted by Crippen LogP contribution is -2.16. The Kier molecular flexibility index (Phi) is 9.20. The molecule has 0 aliphatic rings. The van der Waals surface area contributed by atoms with Crippen LogP contribution >= 0.6 is 0 Å². The molecule has 3 heteroatoms. The number of hydrogen-bond donors (Lipinski definition) is 1. The zero-order valence-electron chi connectivity index (χ0n) is 17.2. The lowest BCUT2D eigenvalue weighted by atomic mass is 10.0. The molecule has 0 saturated heterocycles. The second-order valence-electron chi connectivity index (χ2n) is 7.56. The summed E-state index contributed by atoms with van der Waals surface area (Å²) in [5.41, 5.74) is 3.91. The summed E-state index contributed by atoms with van der Waals surface area (Å²) >= 11 is 0. The Morgan fingerprint density at radius 1 is 0.852 bits per heavy atom. The van der Waals surface area contributed by atoms with Gasteiger partial charge in [-0.05, 0) is 50.3 Å². The first kappa shape index (κ1) is 21.3. The van der Waals surface area contributed by atoms with Crippen molar-refractivity contribution in [2.24, 2.45) is 0 Å². The van der Waals surface area contributed by atoms with E-state index in [4.69, 9.17) is 4.74 Å². The minimum atomic E-state index is -0.453. The minimum Gasteiger partial charge on any atom is -0.491 e. The van der Waals surface area contributed by atoms with E-state index in [0.717, 1.165) is 12.2 Å².